The van der Waals surface area contributed by atoms with Crippen LogP contribution in [0.4, 0.5) is 5.69 Å². The van der Waals surface area contributed by atoms with E-state index in [0.29, 0.717) is 5.92 Å². The molecule has 1 aromatic rings. The molecule has 22 heavy (non-hydrogen) atoms. The van der Waals surface area contributed by atoms with Crippen molar-refractivity contribution in [2.45, 2.75) is 52.9 Å². The van der Waals surface area contributed by atoms with Gasteiger partial charge in [-0.1, -0.05) is 20.8 Å². The van der Waals surface area contributed by atoms with Crippen LogP contribution >= 0.6 is 0 Å². The van der Waals surface area contributed by atoms with E-state index in [0.717, 1.165) is 6.61 Å². The van der Waals surface area contributed by atoms with Gasteiger partial charge in [0.25, 0.3) is 0 Å². The summed E-state index contributed by atoms with van der Waals surface area (Å²) in [5.41, 5.74) is 7.59. The molecule has 0 aromatic heterocycles. The van der Waals surface area contributed by atoms with Gasteiger partial charge in [0, 0.05) is 29.9 Å². The molecule has 0 saturated heterocycles. The standard InChI is InChI=1S/C20H27NO/c1-13-8-11-22-19-15(13)12-14-6-5-9-21-10-7-16(20(2,3)4)17(19)18(14)21/h8,12,16H,5-7,9-11H2,1-4H3. The molecular weight excluding hydrogens is 270 g/mol. The molecule has 0 amide bonds. The van der Waals surface area contributed by atoms with Crippen molar-refractivity contribution in [2.24, 2.45) is 5.41 Å². The summed E-state index contributed by atoms with van der Waals surface area (Å²) in [6, 6.07) is 2.41. The number of nitrogens with zero attached hydrogens (tertiary/aromatic N) is 1. The van der Waals surface area contributed by atoms with Crippen molar-refractivity contribution in [1.82, 2.24) is 0 Å². The fourth-order valence-electron chi connectivity index (χ4n) is 4.52. The molecule has 0 bridgehead atoms. The van der Waals surface area contributed by atoms with Crippen molar-refractivity contribution >= 4 is 11.3 Å². The number of rotatable bonds is 0. The summed E-state index contributed by atoms with van der Waals surface area (Å²) >= 11 is 0. The smallest absolute Gasteiger partial charge is 0.132 e. The molecule has 2 heteroatoms. The zero-order valence-corrected chi connectivity index (χ0v) is 14.3. The van der Waals surface area contributed by atoms with E-state index in [1.165, 1.54) is 60.5 Å². The summed E-state index contributed by atoms with van der Waals surface area (Å²) in [6.07, 6.45) is 5.97. The maximum absolute atomic E-state index is 6.19. The Morgan fingerprint density at radius 3 is 2.82 bits per heavy atom. The lowest BCUT2D eigenvalue weighted by atomic mass is 9.70. The maximum atomic E-state index is 6.19. The zero-order chi connectivity index (χ0) is 15.5. The molecule has 0 radical (unpaired) electrons. The zero-order valence-electron chi connectivity index (χ0n) is 14.3. The van der Waals surface area contributed by atoms with E-state index in [4.69, 9.17) is 4.74 Å². The Morgan fingerprint density at radius 2 is 2.05 bits per heavy atom. The van der Waals surface area contributed by atoms with E-state index in [1.807, 2.05) is 0 Å². The van der Waals surface area contributed by atoms with Crippen molar-refractivity contribution in [3.63, 3.8) is 0 Å². The van der Waals surface area contributed by atoms with Crippen LogP contribution in [0.2, 0.25) is 0 Å². The SMILES string of the molecule is CC1=CCOc2c1cc1c3c2C(C(C)(C)C)CCN3CCC1. The lowest BCUT2D eigenvalue weighted by molar-refractivity contribution is 0.280. The molecule has 0 aliphatic carbocycles. The predicted molar refractivity (Wildman–Crippen MR) is 92.9 cm³/mol. The average molecular weight is 297 g/mol. The van der Waals surface area contributed by atoms with Gasteiger partial charge in [0.1, 0.15) is 12.4 Å². The van der Waals surface area contributed by atoms with Crippen LogP contribution < -0.4 is 9.64 Å². The molecule has 3 heterocycles. The van der Waals surface area contributed by atoms with Gasteiger partial charge in [0.15, 0.2) is 0 Å². The average Bonchev–Trinajstić information content (AvgIpc) is 2.47. The summed E-state index contributed by atoms with van der Waals surface area (Å²) < 4.78 is 6.19. The Kier molecular flexibility index (Phi) is 3.08. The Labute approximate surface area is 134 Å². The second kappa shape index (κ2) is 4.78. The van der Waals surface area contributed by atoms with Gasteiger partial charge in [-0.2, -0.15) is 0 Å². The van der Waals surface area contributed by atoms with Gasteiger partial charge in [-0.15, -0.1) is 0 Å². The highest BCUT2D eigenvalue weighted by molar-refractivity contribution is 5.80. The van der Waals surface area contributed by atoms with E-state index in [2.05, 4.69) is 44.7 Å². The van der Waals surface area contributed by atoms with Gasteiger partial charge >= 0.3 is 0 Å². The molecule has 0 N–H and O–H groups in total. The normalized spacial score (nSPS) is 23.4. The third-order valence-electron chi connectivity index (χ3n) is 5.68. The number of ether oxygens (including phenoxy) is 1. The summed E-state index contributed by atoms with van der Waals surface area (Å²) in [5.74, 6) is 1.78. The lowest BCUT2D eigenvalue weighted by Crippen LogP contribution is -2.39. The van der Waals surface area contributed by atoms with Gasteiger partial charge < -0.3 is 9.64 Å². The molecule has 0 spiro atoms. The molecule has 0 saturated carbocycles. The van der Waals surface area contributed by atoms with Crippen molar-refractivity contribution in [1.29, 1.82) is 0 Å². The number of aryl methyl sites for hydroxylation is 1. The minimum Gasteiger partial charge on any atom is -0.488 e. The van der Waals surface area contributed by atoms with Crippen LogP contribution in [-0.2, 0) is 6.42 Å². The van der Waals surface area contributed by atoms with E-state index in [1.54, 1.807) is 5.56 Å². The first-order chi connectivity index (χ1) is 10.5. The van der Waals surface area contributed by atoms with E-state index < -0.39 is 0 Å². The Morgan fingerprint density at radius 1 is 1.23 bits per heavy atom. The fraction of sp³-hybridized carbons (Fsp3) is 0.600. The lowest BCUT2D eigenvalue weighted by Gasteiger charge is -2.45. The van der Waals surface area contributed by atoms with Crippen LogP contribution in [0.3, 0.4) is 0 Å². The van der Waals surface area contributed by atoms with Gasteiger partial charge in [0.05, 0.1) is 0 Å². The first-order valence-electron chi connectivity index (χ1n) is 8.71. The predicted octanol–water partition coefficient (Wildman–Crippen LogP) is 4.77. The topological polar surface area (TPSA) is 12.5 Å². The second-order valence-electron chi connectivity index (χ2n) is 8.17. The Balaban J connectivity index is 2.01. The van der Waals surface area contributed by atoms with Gasteiger partial charge in [0.2, 0.25) is 0 Å². The largest absolute Gasteiger partial charge is 0.488 e. The highest BCUT2D eigenvalue weighted by Gasteiger charge is 2.39. The molecule has 1 aromatic carbocycles. The summed E-state index contributed by atoms with van der Waals surface area (Å²) in [5, 5.41) is 0. The minimum atomic E-state index is 0.283. The first kappa shape index (κ1) is 14.2. The third kappa shape index (κ3) is 2.00. The Bertz CT molecular complexity index is 651. The highest BCUT2D eigenvalue weighted by Crippen LogP contribution is 2.54. The minimum absolute atomic E-state index is 0.283. The van der Waals surface area contributed by atoms with Crippen molar-refractivity contribution in [3.8, 4) is 5.75 Å². The number of allylic oxidation sites excluding steroid dienone is 1. The van der Waals surface area contributed by atoms with Crippen molar-refractivity contribution in [2.75, 3.05) is 24.6 Å². The number of hydrogen-bond donors (Lipinski definition) is 0. The van der Waals surface area contributed by atoms with E-state index >= 15 is 0 Å². The monoisotopic (exact) mass is 297 g/mol. The summed E-state index contributed by atoms with van der Waals surface area (Å²) in [4.78, 5) is 2.62. The van der Waals surface area contributed by atoms with Crippen LogP contribution in [0, 0.1) is 5.41 Å². The Hall–Kier alpha value is -1.44. The molecule has 3 aliphatic heterocycles. The number of benzene rings is 1. The van der Waals surface area contributed by atoms with E-state index in [-0.39, 0.29) is 5.41 Å². The summed E-state index contributed by atoms with van der Waals surface area (Å²) in [7, 11) is 0. The number of anilines is 1. The molecule has 2 nitrogen and oxygen atoms in total. The molecule has 1 atom stereocenters. The molecule has 1 unspecified atom stereocenters. The number of fused-ring (bicyclic) bond motifs is 2. The van der Waals surface area contributed by atoms with Gasteiger partial charge in [-0.3, -0.25) is 0 Å². The quantitative estimate of drug-likeness (QED) is 0.684. The highest BCUT2D eigenvalue weighted by atomic mass is 16.5. The van der Waals surface area contributed by atoms with Gasteiger partial charge in [-0.25, -0.2) is 0 Å². The summed E-state index contributed by atoms with van der Waals surface area (Å²) in [6.45, 7) is 12.5. The molecule has 118 valence electrons. The second-order valence-corrected chi connectivity index (χ2v) is 8.17. The van der Waals surface area contributed by atoms with Crippen LogP contribution in [0.25, 0.3) is 5.57 Å². The maximum Gasteiger partial charge on any atom is 0.132 e. The fourth-order valence-corrected chi connectivity index (χ4v) is 4.52. The van der Waals surface area contributed by atoms with Crippen LogP contribution in [-0.4, -0.2) is 19.7 Å². The third-order valence-corrected chi connectivity index (χ3v) is 5.68. The van der Waals surface area contributed by atoms with Crippen LogP contribution in [0.1, 0.15) is 63.1 Å². The van der Waals surface area contributed by atoms with E-state index in [9.17, 15) is 0 Å². The number of hydrogen-bond acceptors (Lipinski definition) is 2. The molecular formula is C20H27NO. The van der Waals surface area contributed by atoms with Crippen LogP contribution in [0.5, 0.6) is 5.75 Å². The molecule has 0 fully saturated rings. The van der Waals surface area contributed by atoms with Crippen molar-refractivity contribution in [3.05, 3.63) is 28.8 Å². The molecule has 3 aliphatic rings. The first-order valence-corrected chi connectivity index (χ1v) is 8.71. The molecule has 4 rings (SSSR count). The van der Waals surface area contributed by atoms with Crippen LogP contribution in [0.15, 0.2) is 12.1 Å². The van der Waals surface area contributed by atoms with Crippen molar-refractivity contribution < 1.29 is 4.74 Å². The van der Waals surface area contributed by atoms with Gasteiger partial charge in [-0.05, 0) is 60.8 Å².